The van der Waals surface area contributed by atoms with Gasteiger partial charge in [0.25, 0.3) is 5.89 Å². The highest BCUT2D eigenvalue weighted by Gasteiger charge is 2.36. The van der Waals surface area contributed by atoms with Gasteiger partial charge in [-0.2, -0.15) is 4.31 Å². The van der Waals surface area contributed by atoms with Gasteiger partial charge in [0, 0.05) is 57.2 Å². The van der Waals surface area contributed by atoms with Gasteiger partial charge < -0.3 is 13.9 Å². The molecule has 3 aromatic rings. The fourth-order valence-electron chi connectivity index (χ4n) is 3.95. The zero-order chi connectivity index (χ0) is 21.6. The molecular weight excluding hydrogens is 402 g/mol. The second-order valence-corrected chi connectivity index (χ2v) is 9.66. The van der Waals surface area contributed by atoms with Gasteiger partial charge in [-0.1, -0.05) is 17.7 Å². The van der Waals surface area contributed by atoms with E-state index in [0.717, 1.165) is 11.4 Å². The molecule has 0 N–H and O–H groups in total. The zero-order valence-electron chi connectivity index (χ0n) is 18.0. The number of nitrogens with zero attached hydrogens (tertiary/aromatic N) is 5. The summed E-state index contributed by atoms with van der Waals surface area (Å²) in [5, 5.41) is 7.98. The minimum atomic E-state index is -3.72. The first kappa shape index (κ1) is 20.6. The Labute approximate surface area is 177 Å². The molecule has 0 aliphatic carbocycles. The molecule has 1 aliphatic rings. The molecule has 30 heavy (non-hydrogen) atoms. The van der Waals surface area contributed by atoms with Gasteiger partial charge in [-0.3, -0.25) is 0 Å². The normalized spacial score (nSPS) is 15.7. The number of anilines is 1. The lowest BCUT2D eigenvalue weighted by Gasteiger charge is -2.35. The van der Waals surface area contributed by atoms with Crippen molar-refractivity contribution in [3.05, 3.63) is 47.1 Å². The summed E-state index contributed by atoms with van der Waals surface area (Å²) in [5.41, 5.74) is 4.27. The molecule has 1 saturated heterocycles. The maximum atomic E-state index is 13.7. The van der Waals surface area contributed by atoms with E-state index in [0.29, 0.717) is 43.3 Å². The first-order valence-electron chi connectivity index (χ1n) is 9.98. The van der Waals surface area contributed by atoms with Gasteiger partial charge in [0.15, 0.2) is 0 Å². The number of piperazine rings is 1. The van der Waals surface area contributed by atoms with Crippen LogP contribution in [0, 0.1) is 27.7 Å². The smallest absolute Gasteiger partial charge is 0.250 e. The lowest BCUT2D eigenvalue weighted by atomic mass is 10.2. The van der Waals surface area contributed by atoms with E-state index in [1.807, 2.05) is 25.5 Å². The molecule has 0 amide bonds. The molecule has 1 aromatic carbocycles. The zero-order valence-corrected chi connectivity index (χ0v) is 18.8. The summed E-state index contributed by atoms with van der Waals surface area (Å²) in [7, 11) is -1.87. The maximum absolute atomic E-state index is 13.7. The molecule has 8 nitrogen and oxygen atoms in total. The summed E-state index contributed by atoms with van der Waals surface area (Å²) < 4.78 is 36.4. The Morgan fingerprint density at radius 1 is 0.900 bits per heavy atom. The van der Waals surface area contributed by atoms with Gasteiger partial charge in [-0.15, -0.1) is 10.2 Å². The van der Waals surface area contributed by atoms with E-state index >= 15 is 0 Å². The van der Waals surface area contributed by atoms with E-state index in [4.69, 9.17) is 4.42 Å². The summed E-state index contributed by atoms with van der Waals surface area (Å²) in [6.07, 6.45) is 0. The highest BCUT2D eigenvalue weighted by molar-refractivity contribution is 7.89. The quantitative estimate of drug-likeness (QED) is 0.634. The van der Waals surface area contributed by atoms with Crippen LogP contribution in [0.15, 0.2) is 33.6 Å². The van der Waals surface area contributed by atoms with Crippen LogP contribution in [0.5, 0.6) is 0 Å². The lowest BCUT2D eigenvalue weighted by Crippen LogP contribution is -2.48. The largest absolute Gasteiger partial charge is 0.421 e. The van der Waals surface area contributed by atoms with E-state index < -0.39 is 10.0 Å². The molecule has 0 spiro atoms. The SMILES string of the molecule is Cc1ccc(N2CCN(S(=O)(=O)c3c(-c4nnc(C)o4)c(C)n(C)c3C)CC2)cc1. The average molecular weight is 430 g/mol. The van der Waals surface area contributed by atoms with E-state index in [-0.39, 0.29) is 10.8 Å². The Morgan fingerprint density at radius 2 is 1.53 bits per heavy atom. The fraction of sp³-hybridized carbons (Fsp3) is 0.429. The van der Waals surface area contributed by atoms with Crippen molar-refractivity contribution in [2.75, 3.05) is 31.1 Å². The van der Waals surface area contributed by atoms with Gasteiger partial charge in [-0.25, -0.2) is 8.42 Å². The summed E-state index contributed by atoms with van der Waals surface area (Å²) in [6, 6.07) is 8.32. The van der Waals surface area contributed by atoms with Gasteiger partial charge in [-0.05, 0) is 32.9 Å². The Kier molecular flexibility index (Phi) is 5.19. The molecule has 0 atom stereocenters. The molecule has 9 heteroatoms. The Balaban J connectivity index is 1.65. The lowest BCUT2D eigenvalue weighted by molar-refractivity contribution is 0.384. The van der Waals surface area contributed by atoms with E-state index in [1.54, 1.807) is 11.2 Å². The molecule has 3 heterocycles. The monoisotopic (exact) mass is 429 g/mol. The van der Waals surface area contributed by atoms with Crippen molar-refractivity contribution in [3.63, 3.8) is 0 Å². The summed E-state index contributed by atoms with van der Waals surface area (Å²) in [4.78, 5) is 2.48. The molecule has 160 valence electrons. The van der Waals surface area contributed by atoms with Crippen molar-refractivity contribution in [2.45, 2.75) is 32.6 Å². The average Bonchev–Trinajstić information content (AvgIpc) is 3.25. The van der Waals surface area contributed by atoms with Gasteiger partial charge in [0.2, 0.25) is 15.9 Å². The van der Waals surface area contributed by atoms with E-state index in [1.165, 1.54) is 5.56 Å². The molecule has 0 saturated carbocycles. The highest BCUT2D eigenvalue weighted by Crippen LogP contribution is 2.36. The Hall–Kier alpha value is -2.65. The van der Waals surface area contributed by atoms with Gasteiger partial charge in [0.05, 0.1) is 5.56 Å². The van der Waals surface area contributed by atoms with Crippen molar-refractivity contribution in [3.8, 4) is 11.5 Å². The summed E-state index contributed by atoms with van der Waals surface area (Å²) in [6.45, 7) is 9.56. The van der Waals surface area contributed by atoms with Crippen LogP contribution >= 0.6 is 0 Å². The van der Waals surface area contributed by atoms with Crippen LogP contribution in [0.4, 0.5) is 5.69 Å². The van der Waals surface area contributed by atoms with Crippen molar-refractivity contribution in [1.29, 1.82) is 0 Å². The summed E-state index contributed by atoms with van der Waals surface area (Å²) >= 11 is 0. The number of benzene rings is 1. The standard InChI is InChI=1S/C21H27N5O3S/c1-14-6-8-18(9-7-14)25-10-12-26(13-11-25)30(27,28)20-16(3)24(5)15(2)19(20)21-23-22-17(4)29-21/h6-9H,10-13H2,1-5H3. The molecule has 0 radical (unpaired) electrons. The second kappa shape index (κ2) is 7.55. The first-order valence-corrected chi connectivity index (χ1v) is 11.4. The van der Waals surface area contributed by atoms with Crippen LogP contribution in [0.2, 0.25) is 0 Å². The van der Waals surface area contributed by atoms with E-state index in [9.17, 15) is 8.42 Å². The minimum absolute atomic E-state index is 0.241. The fourth-order valence-corrected chi connectivity index (χ4v) is 5.86. The minimum Gasteiger partial charge on any atom is -0.421 e. The molecule has 2 aromatic heterocycles. The molecule has 4 rings (SSSR count). The summed E-state index contributed by atoms with van der Waals surface area (Å²) in [5.74, 6) is 0.645. The Morgan fingerprint density at radius 3 is 2.10 bits per heavy atom. The highest BCUT2D eigenvalue weighted by atomic mass is 32.2. The molecule has 0 unspecified atom stereocenters. The van der Waals surface area contributed by atoms with Crippen molar-refractivity contribution in [2.24, 2.45) is 7.05 Å². The van der Waals surface area contributed by atoms with Crippen LogP contribution < -0.4 is 4.90 Å². The number of aryl methyl sites for hydroxylation is 2. The third-order valence-electron chi connectivity index (χ3n) is 5.90. The molecule has 0 bridgehead atoms. The molecule has 1 fully saturated rings. The number of sulfonamides is 1. The van der Waals surface area contributed by atoms with Crippen molar-refractivity contribution >= 4 is 15.7 Å². The Bertz CT molecular complexity index is 1170. The number of hydrogen-bond acceptors (Lipinski definition) is 6. The van der Waals surface area contributed by atoms with Crippen LogP contribution in [0.25, 0.3) is 11.5 Å². The number of hydrogen-bond donors (Lipinski definition) is 0. The first-order chi connectivity index (χ1) is 14.2. The van der Waals surface area contributed by atoms with Crippen LogP contribution in [-0.4, -0.2) is 53.7 Å². The predicted octanol–water partition coefficient (Wildman–Crippen LogP) is 2.82. The van der Waals surface area contributed by atoms with E-state index in [2.05, 4.69) is 46.3 Å². The maximum Gasteiger partial charge on any atom is 0.250 e. The number of rotatable bonds is 4. The van der Waals surface area contributed by atoms with Gasteiger partial charge in [0.1, 0.15) is 4.90 Å². The topological polar surface area (TPSA) is 84.5 Å². The predicted molar refractivity (Wildman–Crippen MR) is 115 cm³/mol. The van der Waals surface area contributed by atoms with Crippen LogP contribution in [-0.2, 0) is 17.1 Å². The molecular formula is C21H27N5O3S. The number of aromatic nitrogens is 3. The molecule has 1 aliphatic heterocycles. The van der Waals surface area contributed by atoms with Gasteiger partial charge >= 0.3 is 0 Å². The van der Waals surface area contributed by atoms with Crippen LogP contribution in [0.1, 0.15) is 22.8 Å². The van der Waals surface area contributed by atoms with Crippen molar-refractivity contribution < 1.29 is 12.8 Å². The van der Waals surface area contributed by atoms with Crippen molar-refractivity contribution in [1.82, 2.24) is 19.1 Å². The third-order valence-corrected chi connectivity index (χ3v) is 7.96. The third kappa shape index (κ3) is 3.41. The van der Waals surface area contributed by atoms with Crippen LogP contribution in [0.3, 0.4) is 0 Å². The second-order valence-electron chi connectivity index (χ2n) is 7.79.